The number of hydrogen-bond acceptors (Lipinski definition) is 6. The van der Waals surface area contributed by atoms with Crippen molar-refractivity contribution in [1.82, 2.24) is 10.3 Å². The highest BCUT2D eigenvalue weighted by molar-refractivity contribution is 6.32. The van der Waals surface area contributed by atoms with Crippen LogP contribution in [0.4, 0.5) is 17.1 Å². The van der Waals surface area contributed by atoms with E-state index in [0.717, 1.165) is 34.2 Å². The minimum absolute atomic E-state index is 0.338. The fraction of sp³-hybridized carbons (Fsp3) is 0.429. The average molecular weight is 418 g/mol. The number of benzene rings is 1. The number of aliphatic imine (C=N–C) groups is 1. The lowest BCUT2D eigenvalue weighted by Gasteiger charge is -2.35. The number of hydrogen-bond donors (Lipinski definition) is 2. The highest BCUT2D eigenvalue weighted by atomic mass is 35.5. The zero-order valence-corrected chi connectivity index (χ0v) is 18.1. The molecular weight excluding hydrogens is 390 g/mol. The van der Waals surface area contributed by atoms with Gasteiger partial charge in [0, 0.05) is 37.2 Å². The first-order valence-electron chi connectivity index (χ1n) is 9.79. The molecule has 0 saturated carbocycles. The van der Waals surface area contributed by atoms with E-state index in [2.05, 4.69) is 31.6 Å². The van der Waals surface area contributed by atoms with Gasteiger partial charge >= 0.3 is 0 Å². The second-order valence-corrected chi connectivity index (χ2v) is 6.95. The normalized spacial score (nSPS) is 14.8. The van der Waals surface area contributed by atoms with Crippen LogP contribution in [0.1, 0.15) is 25.1 Å². The first kappa shape index (κ1) is 21.4. The van der Waals surface area contributed by atoms with E-state index in [4.69, 9.17) is 21.1 Å². The predicted molar refractivity (Wildman–Crippen MR) is 119 cm³/mol. The molecule has 0 atom stereocenters. The van der Waals surface area contributed by atoms with Crippen molar-refractivity contribution in [3.05, 3.63) is 46.7 Å². The Hall–Kier alpha value is -2.35. The minimum Gasteiger partial charge on any atom is -0.379 e. The van der Waals surface area contributed by atoms with Crippen LogP contribution in [0.25, 0.3) is 0 Å². The van der Waals surface area contributed by atoms with Crippen molar-refractivity contribution in [2.75, 3.05) is 43.7 Å². The second kappa shape index (κ2) is 9.91. The number of halogens is 1. The van der Waals surface area contributed by atoms with Gasteiger partial charge in [-0.3, -0.25) is 9.98 Å². The lowest BCUT2D eigenvalue weighted by Crippen LogP contribution is -2.42. The van der Waals surface area contributed by atoms with Gasteiger partial charge in [-0.15, -0.1) is 0 Å². The molecule has 0 saturated heterocycles. The molecule has 2 heterocycles. The fourth-order valence-corrected chi connectivity index (χ4v) is 3.63. The molecule has 1 aromatic carbocycles. The highest BCUT2D eigenvalue weighted by Gasteiger charge is 2.27. The van der Waals surface area contributed by atoms with Gasteiger partial charge in [-0.2, -0.15) is 0 Å². The molecule has 2 aromatic rings. The standard InChI is InChI=1S/C21H28ClN5O2/c1-5-28-19(29-6-2)12-25-16-10-15(22)11-18-20(16)21(23-4)26-13-27(18)17-8-7-9-24-14(17)3/h7-11,19,25H,5-6,12-13H2,1-4H3,(H,23,26). The van der Waals surface area contributed by atoms with Crippen molar-refractivity contribution in [3.8, 4) is 0 Å². The second-order valence-electron chi connectivity index (χ2n) is 6.51. The van der Waals surface area contributed by atoms with E-state index >= 15 is 0 Å². The Bertz CT molecular complexity index is 868. The van der Waals surface area contributed by atoms with Crippen LogP contribution in [-0.4, -0.2) is 50.6 Å². The molecule has 8 heteroatoms. The van der Waals surface area contributed by atoms with Gasteiger partial charge in [-0.1, -0.05) is 11.6 Å². The summed E-state index contributed by atoms with van der Waals surface area (Å²) in [6, 6.07) is 7.85. The summed E-state index contributed by atoms with van der Waals surface area (Å²) in [6.07, 6.45) is 1.46. The Balaban J connectivity index is 2.00. The quantitative estimate of drug-likeness (QED) is 0.634. The van der Waals surface area contributed by atoms with E-state index in [1.807, 2.05) is 39.0 Å². The Morgan fingerprint density at radius 1 is 1.28 bits per heavy atom. The number of amidine groups is 1. The molecule has 0 fully saturated rings. The summed E-state index contributed by atoms with van der Waals surface area (Å²) in [6.45, 7) is 8.13. The van der Waals surface area contributed by atoms with Crippen LogP contribution in [-0.2, 0) is 9.47 Å². The molecule has 0 radical (unpaired) electrons. The zero-order chi connectivity index (χ0) is 20.8. The van der Waals surface area contributed by atoms with Gasteiger partial charge in [0.2, 0.25) is 0 Å². The SMILES string of the molecule is CCOC(CNc1cc(Cl)cc2c1C(=NC)NCN2c1cccnc1C)OCC. The lowest BCUT2D eigenvalue weighted by molar-refractivity contribution is -0.126. The van der Waals surface area contributed by atoms with Crippen LogP contribution in [0.2, 0.25) is 5.02 Å². The van der Waals surface area contributed by atoms with Crippen LogP contribution >= 0.6 is 11.6 Å². The number of pyridine rings is 1. The summed E-state index contributed by atoms with van der Waals surface area (Å²) in [7, 11) is 1.78. The van der Waals surface area contributed by atoms with Crippen molar-refractivity contribution in [3.63, 3.8) is 0 Å². The smallest absolute Gasteiger partial charge is 0.174 e. The molecule has 1 aromatic heterocycles. The van der Waals surface area contributed by atoms with Crippen molar-refractivity contribution in [2.45, 2.75) is 27.1 Å². The molecule has 29 heavy (non-hydrogen) atoms. The van der Waals surface area contributed by atoms with Gasteiger partial charge in [-0.25, -0.2) is 0 Å². The highest BCUT2D eigenvalue weighted by Crippen LogP contribution is 2.38. The Morgan fingerprint density at radius 2 is 2.03 bits per heavy atom. The topological polar surface area (TPSA) is 71.0 Å². The molecule has 1 aliphatic rings. The van der Waals surface area contributed by atoms with Crippen LogP contribution < -0.4 is 15.5 Å². The third-order valence-corrected chi connectivity index (χ3v) is 4.89. The maximum absolute atomic E-state index is 6.50. The molecule has 0 amide bonds. The fourth-order valence-electron chi connectivity index (χ4n) is 3.42. The molecule has 7 nitrogen and oxygen atoms in total. The maximum Gasteiger partial charge on any atom is 0.174 e. The number of rotatable bonds is 8. The number of anilines is 3. The Kier molecular flexibility index (Phi) is 7.30. The van der Waals surface area contributed by atoms with Gasteiger partial charge in [0.25, 0.3) is 0 Å². The molecule has 0 aliphatic carbocycles. The number of aromatic nitrogens is 1. The van der Waals surface area contributed by atoms with E-state index in [9.17, 15) is 0 Å². The number of fused-ring (bicyclic) bond motifs is 1. The number of aryl methyl sites for hydroxylation is 1. The summed E-state index contributed by atoms with van der Waals surface area (Å²) in [5.41, 5.74) is 4.76. The summed E-state index contributed by atoms with van der Waals surface area (Å²) < 4.78 is 11.3. The van der Waals surface area contributed by atoms with E-state index in [1.165, 1.54) is 0 Å². The van der Waals surface area contributed by atoms with E-state index in [1.54, 1.807) is 13.2 Å². The van der Waals surface area contributed by atoms with Crippen molar-refractivity contribution >= 4 is 34.5 Å². The molecule has 0 spiro atoms. The molecule has 3 rings (SSSR count). The van der Waals surface area contributed by atoms with Gasteiger partial charge in [0.15, 0.2) is 6.29 Å². The average Bonchev–Trinajstić information content (AvgIpc) is 2.72. The van der Waals surface area contributed by atoms with Crippen molar-refractivity contribution in [1.29, 1.82) is 0 Å². The Labute approximate surface area is 177 Å². The number of ether oxygens (including phenoxy) is 2. The first-order chi connectivity index (χ1) is 14.1. The van der Waals surface area contributed by atoms with Crippen LogP contribution in [0.3, 0.4) is 0 Å². The van der Waals surface area contributed by atoms with Crippen LogP contribution in [0.15, 0.2) is 35.5 Å². The maximum atomic E-state index is 6.50. The largest absolute Gasteiger partial charge is 0.379 e. The zero-order valence-electron chi connectivity index (χ0n) is 17.3. The molecule has 156 valence electrons. The summed E-state index contributed by atoms with van der Waals surface area (Å²) in [4.78, 5) is 11.0. The molecule has 0 bridgehead atoms. The first-order valence-corrected chi connectivity index (χ1v) is 10.2. The minimum atomic E-state index is -0.338. The molecular formula is C21H28ClN5O2. The molecule has 2 N–H and O–H groups in total. The molecule has 0 unspecified atom stereocenters. The van der Waals surface area contributed by atoms with Gasteiger partial charge in [0.1, 0.15) is 5.84 Å². The lowest BCUT2D eigenvalue weighted by atomic mass is 10.0. The number of nitrogens with zero attached hydrogens (tertiary/aromatic N) is 3. The van der Waals surface area contributed by atoms with Gasteiger partial charge < -0.3 is 25.0 Å². The van der Waals surface area contributed by atoms with Gasteiger partial charge in [-0.05, 0) is 45.0 Å². The van der Waals surface area contributed by atoms with E-state index < -0.39 is 0 Å². The number of nitrogens with one attached hydrogen (secondary N) is 2. The van der Waals surface area contributed by atoms with Crippen molar-refractivity contribution < 1.29 is 9.47 Å². The van der Waals surface area contributed by atoms with Crippen LogP contribution in [0.5, 0.6) is 0 Å². The van der Waals surface area contributed by atoms with Crippen LogP contribution in [0, 0.1) is 6.92 Å². The summed E-state index contributed by atoms with van der Waals surface area (Å²) in [5, 5.41) is 7.48. The van der Waals surface area contributed by atoms with Crippen molar-refractivity contribution in [2.24, 2.45) is 4.99 Å². The predicted octanol–water partition coefficient (Wildman–Crippen LogP) is 3.93. The monoisotopic (exact) mass is 417 g/mol. The Morgan fingerprint density at radius 3 is 2.69 bits per heavy atom. The third kappa shape index (κ3) is 4.80. The third-order valence-electron chi connectivity index (χ3n) is 4.67. The summed E-state index contributed by atoms with van der Waals surface area (Å²) >= 11 is 6.50. The summed E-state index contributed by atoms with van der Waals surface area (Å²) in [5.74, 6) is 0.807. The van der Waals surface area contributed by atoms with Gasteiger partial charge in [0.05, 0.1) is 35.8 Å². The van der Waals surface area contributed by atoms with E-state index in [-0.39, 0.29) is 6.29 Å². The molecule has 1 aliphatic heterocycles. The van der Waals surface area contributed by atoms with E-state index in [0.29, 0.717) is 31.4 Å².